The van der Waals surface area contributed by atoms with Crippen LogP contribution in [0.4, 0.5) is 0 Å². The Labute approximate surface area is 85.5 Å². The summed E-state index contributed by atoms with van der Waals surface area (Å²) >= 11 is 0. The van der Waals surface area contributed by atoms with Crippen LogP contribution in [0.3, 0.4) is 0 Å². The fraction of sp³-hybridized carbons (Fsp3) is 0.455. The van der Waals surface area contributed by atoms with Crippen LogP contribution in [0.1, 0.15) is 11.6 Å². The third kappa shape index (κ3) is 2.47. The lowest BCUT2D eigenvalue weighted by Gasteiger charge is -2.23. The molecule has 0 spiro atoms. The summed E-state index contributed by atoms with van der Waals surface area (Å²) in [5.74, 6) is 0.878. The van der Waals surface area contributed by atoms with E-state index in [2.05, 4.69) is 17.0 Å². The Balaban J connectivity index is 2.84. The van der Waals surface area contributed by atoms with E-state index in [0.29, 0.717) is 6.54 Å². The number of benzene rings is 1. The van der Waals surface area contributed by atoms with Crippen LogP contribution in [0.15, 0.2) is 24.3 Å². The summed E-state index contributed by atoms with van der Waals surface area (Å²) < 4.78 is 5.10. The average Bonchev–Trinajstić information content (AvgIpc) is 2.19. The van der Waals surface area contributed by atoms with Crippen molar-refractivity contribution < 1.29 is 4.74 Å². The van der Waals surface area contributed by atoms with Crippen LogP contribution in [0.25, 0.3) is 0 Å². The molecule has 1 aromatic rings. The highest BCUT2D eigenvalue weighted by Gasteiger charge is 2.11. The maximum atomic E-state index is 5.70. The second-order valence-electron chi connectivity index (χ2n) is 3.49. The van der Waals surface area contributed by atoms with Gasteiger partial charge in [-0.1, -0.05) is 12.1 Å². The second kappa shape index (κ2) is 4.98. The lowest BCUT2D eigenvalue weighted by molar-refractivity contribution is 0.305. The van der Waals surface area contributed by atoms with E-state index in [1.807, 2.05) is 26.2 Å². The first-order valence-corrected chi connectivity index (χ1v) is 4.69. The molecule has 0 amide bonds. The van der Waals surface area contributed by atoms with Gasteiger partial charge in [-0.3, -0.25) is 0 Å². The third-order valence-electron chi connectivity index (χ3n) is 2.35. The van der Waals surface area contributed by atoms with Gasteiger partial charge >= 0.3 is 0 Å². The minimum absolute atomic E-state index is 0.279. The van der Waals surface area contributed by atoms with Gasteiger partial charge in [0.05, 0.1) is 7.11 Å². The zero-order chi connectivity index (χ0) is 10.6. The highest BCUT2D eigenvalue weighted by atomic mass is 16.5. The van der Waals surface area contributed by atoms with Crippen molar-refractivity contribution >= 4 is 0 Å². The number of rotatable bonds is 4. The number of hydrogen-bond donors (Lipinski definition) is 1. The molecule has 0 aliphatic rings. The van der Waals surface area contributed by atoms with Crippen molar-refractivity contribution in [2.24, 2.45) is 5.73 Å². The first-order valence-electron chi connectivity index (χ1n) is 4.69. The molecule has 3 nitrogen and oxygen atoms in total. The number of nitrogens with zero attached hydrogens (tertiary/aromatic N) is 1. The Morgan fingerprint density at radius 3 is 2.21 bits per heavy atom. The van der Waals surface area contributed by atoms with Crippen molar-refractivity contribution in [1.82, 2.24) is 4.90 Å². The van der Waals surface area contributed by atoms with Crippen LogP contribution in [0, 0.1) is 0 Å². The number of ether oxygens (including phenoxy) is 1. The Kier molecular flexibility index (Phi) is 3.92. The number of likely N-dealkylation sites (N-methyl/N-ethyl adjacent to an activating group) is 1. The molecule has 2 N–H and O–H groups in total. The van der Waals surface area contributed by atoms with Crippen LogP contribution in [0.2, 0.25) is 0 Å². The number of hydrogen-bond acceptors (Lipinski definition) is 3. The van der Waals surface area contributed by atoms with Gasteiger partial charge in [0.25, 0.3) is 0 Å². The summed E-state index contributed by atoms with van der Waals surface area (Å²) in [4.78, 5) is 2.11. The molecule has 14 heavy (non-hydrogen) atoms. The molecule has 1 aromatic carbocycles. The van der Waals surface area contributed by atoms with Crippen molar-refractivity contribution in [1.29, 1.82) is 0 Å². The van der Waals surface area contributed by atoms with Crippen LogP contribution < -0.4 is 10.5 Å². The molecule has 0 radical (unpaired) electrons. The maximum absolute atomic E-state index is 5.70. The van der Waals surface area contributed by atoms with Gasteiger partial charge in [-0.25, -0.2) is 0 Å². The van der Waals surface area contributed by atoms with Gasteiger partial charge in [0, 0.05) is 12.6 Å². The average molecular weight is 194 g/mol. The van der Waals surface area contributed by atoms with Gasteiger partial charge < -0.3 is 15.4 Å². The topological polar surface area (TPSA) is 38.5 Å². The fourth-order valence-electron chi connectivity index (χ4n) is 1.47. The summed E-state index contributed by atoms with van der Waals surface area (Å²) in [6.45, 7) is 0.624. The van der Waals surface area contributed by atoms with E-state index in [1.54, 1.807) is 7.11 Å². The lowest BCUT2D eigenvalue weighted by atomic mass is 10.1. The lowest BCUT2D eigenvalue weighted by Crippen LogP contribution is -2.27. The summed E-state index contributed by atoms with van der Waals surface area (Å²) in [5, 5.41) is 0. The molecular weight excluding hydrogens is 176 g/mol. The van der Waals surface area contributed by atoms with Crippen LogP contribution in [0.5, 0.6) is 5.75 Å². The van der Waals surface area contributed by atoms with Crippen molar-refractivity contribution in [3.8, 4) is 5.75 Å². The van der Waals surface area contributed by atoms with E-state index in [0.717, 1.165) is 5.75 Å². The molecule has 0 bridgehead atoms. The van der Waals surface area contributed by atoms with E-state index >= 15 is 0 Å². The summed E-state index contributed by atoms with van der Waals surface area (Å²) in [7, 11) is 5.73. The standard InChI is InChI=1S/C11H18N2O/c1-13(2)11(8-12)9-4-6-10(14-3)7-5-9/h4-7,11H,8,12H2,1-3H3/t11-/m0/s1. The molecule has 0 fully saturated rings. The third-order valence-corrected chi connectivity index (χ3v) is 2.35. The molecule has 1 atom stereocenters. The summed E-state index contributed by atoms with van der Waals surface area (Å²) in [5.41, 5.74) is 6.92. The van der Waals surface area contributed by atoms with Gasteiger partial charge in [-0.15, -0.1) is 0 Å². The van der Waals surface area contributed by atoms with E-state index in [4.69, 9.17) is 10.5 Å². The highest BCUT2D eigenvalue weighted by Crippen LogP contribution is 2.19. The highest BCUT2D eigenvalue weighted by molar-refractivity contribution is 5.29. The second-order valence-corrected chi connectivity index (χ2v) is 3.49. The zero-order valence-electron chi connectivity index (χ0n) is 9.03. The zero-order valence-corrected chi connectivity index (χ0v) is 9.03. The smallest absolute Gasteiger partial charge is 0.118 e. The maximum Gasteiger partial charge on any atom is 0.118 e. The molecule has 0 aromatic heterocycles. The Bertz CT molecular complexity index is 269. The molecule has 0 saturated carbocycles. The predicted molar refractivity (Wildman–Crippen MR) is 58.5 cm³/mol. The first kappa shape index (κ1) is 11.0. The number of methoxy groups -OCH3 is 1. The van der Waals surface area contributed by atoms with Crippen LogP contribution in [-0.4, -0.2) is 32.6 Å². The van der Waals surface area contributed by atoms with Gasteiger partial charge in [-0.05, 0) is 31.8 Å². The molecule has 3 heteroatoms. The number of nitrogens with two attached hydrogens (primary N) is 1. The quantitative estimate of drug-likeness (QED) is 0.784. The summed E-state index contributed by atoms with van der Waals surface area (Å²) in [6.07, 6.45) is 0. The molecule has 0 aliphatic carbocycles. The van der Waals surface area contributed by atoms with E-state index in [9.17, 15) is 0 Å². The van der Waals surface area contributed by atoms with Gasteiger partial charge in [0.1, 0.15) is 5.75 Å². The van der Waals surface area contributed by atoms with Gasteiger partial charge in [0.15, 0.2) is 0 Å². The monoisotopic (exact) mass is 194 g/mol. The van der Waals surface area contributed by atoms with Gasteiger partial charge in [0.2, 0.25) is 0 Å². The Hall–Kier alpha value is -1.06. The molecule has 0 unspecified atom stereocenters. The summed E-state index contributed by atoms with van der Waals surface area (Å²) in [6, 6.07) is 8.30. The normalized spacial score (nSPS) is 12.9. The van der Waals surface area contributed by atoms with Crippen molar-refractivity contribution in [3.63, 3.8) is 0 Å². The minimum atomic E-state index is 0.279. The van der Waals surface area contributed by atoms with E-state index < -0.39 is 0 Å². The van der Waals surface area contributed by atoms with Crippen molar-refractivity contribution in [2.45, 2.75) is 6.04 Å². The Morgan fingerprint density at radius 2 is 1.86 bits per heavy atom. The molecular formula is C11H18N2O. The molecule has 0 saturated heterocycles. The van der Waals surface area contributed by atoms with Crippen molar-refractivity contribution in [2.75, 3.05) is 27.7 Å². The van der Waals surface area contributed by atoms with Crippen LogP contribution in [-0.2, 0) is 0 Å². The molecule has 0 heterocycles. The van der Waals surface area contributed by atoms with E-state index in [1.165, 1.54) is 5.56 Å². The van der Waals surface area contributed by atoms with Crippen LogP contribution >= 0.6 is 0 Å². The fourth-order valence-corrected chi connectivity index (χ4v) is 1.47. The predicted octanol–water partition coefficient (Wildman–Crippen LogP) is 1.26. The molecule has 1 rings (SSSR count). The molecule has 0 aliphatic heterocycles. The van der Waals surface area contributed by atoms with E-state index in [-0.39, 0.29) is 6.04 Å². The molecule has 78 valence electrons. The van der Waals surface area contributed by atoms with Gasteiger partial charge in [-0.2, -0.15) is 0 Å². The minimum Gasteiger partial charge on any atom is -0.497 e. The Morgan fingerprint density at radius 1 is 1.29 bits per heavy atom. The SMILES string of the molecule is COc1ccc([C@H](CN)N(C)C)cc1. The van der Waals surface area contributed by atoms with Crippen molar-refractivity contribution in [3.05, 3.63) is 29.8 Å². The first-order chi connectivity index (χ1) is 6.69. The largest absolute Gasteiger partial charge is 0.497 e.